The molecule has 0 radical (unpaired) electrons. The quantitative estimate of drug-likeness (QED) is 0.362. The molecule has 10 nitrogen and oxygen atoms in total. The van der Waals surface area contributed by atoms with E-state index in [2.05, 4.69) is 20.9 Å². The summed E-state index contributed by atoms with van der Waals surface area (Å²) in [6.07, 6.45) is -3.10. The first-order chi connectivity index (χ1) is 10.1. The fourth-order valence-electron chi connectivity index (χ4n) is 1.36. The van der Waals surface area contributed by atoms with Crippen LogP contribution in [0.15, 0.2) is 12.0 Å². The molecule has 1 atom stereocenters. The van der Waals surface area contributed by atoms with Gasteiger partial charge in [-0.2, -0.15) is 0 Å². The predicted octanol–water partition coefficient (Wildman–Crippen LogP) is -0.349. The summed E-state index contributed by atoms with van der Waals surface area (Å²) < 4.78 is 31.1. The lowest BCUT2D eigenvalue weighted by Gasteiger charge is -2.16. The summed E-state index contributed by atoms with van der Waals surface area (Å²) >= 11 is 0. The van der Waals surface area contributed by atoms with Crippen LogP contribution >= 0.6 is 0 Å². The maximum atomic E-state index is 11.3. The first-order valence-electron chi connectivity index (χ1n) is 5.93. The number of imide groups is 1. The molecule has 11 heteroatoms. The van der Waals surface area contributed by atoms with E-state index in [4.69, 9.17) is 0 Å². The smallest absolute Gasteiger partial charge is 0.425 e. The normalized spacial score (nSPS) is 16.1. The van der Waals surface area contributed by atoms with Crippen LogP contribution in [0.4, 0.5) is 4.79 Å². The number of rotatable bonds is 6. The molecule has 1 saturated heterocycles. The van der Waals surface area contributed by atoms with Gasteiger partial charge >= 0.3 is 12.1 Å². The Bertz CT molecular complexity index is 593. The lowest BCUT2D eigenvalue weighted by Crippen LogP contribution is -2.34. The molecule has 1 aliphatic rings. The highest BCUT2D eigenvalue weighted by Crippen LogP contribution is 2.13. The third kappa shape index (κ3) is 5.16. The van der Waals surface area contributed by atoms with E-state index in [9.17, 15) is 27.6 Å². The second-order valence-electron chi connectivity index (χ2n) is 4.07. The van der Waals surface area contributed by atoms with Crippen molar-refractivity contribution >= 4 is 33.8 Å². The minimum Gasteiger partial charge on any atom is -0.425 e. The fourth-order valence-corrected chi connectivity index (χ4v) is 1.87. The number of amides is 2. The van der Waals surface area contributed by atoms with E-state index in [-0.39, 0.29) is 17.9 Å². The van der Waals surface area contributed by atoms with Crippen LogP contribution in [0.5, 0.6) is 0 Å². The number of hydrogen-bond donors (Lipinski definition) is 0. The molecule has 1 rings (SSSR count). The van der Waals surface area contributed by atoms with Crippen molar-refractivity contribution in [3.8, 4) is 0 Å². The van der Waals surface area contributed by atoms with Crippen LogP contribution in [-0.4, -0.2) is 49.5 Å². The van der Waals surface area contributed by atoms with Crippen LogP contribution in [0.25, 0.3) is 0 Å². The molecule has 1 fully saturated rings. The molecule has 0 bridgehead atoms. The van der Waals surface area contributed by atoms with E-state index in [0.717, 1.165) is 6.92 Å². The third-order valence-corrected chi connectivity index (χ3v) is 3.45. The van der Waals surface area contributed by atoms with Gasteiger partial charge in [0.25, 0.3) is 11.8 Å². The van der Waals surface area contributed by atoms with Crippen molar-refractivity contribution in [1.82, 2.24) is 5.06 Å². The topological polar surface area (TPSA) is 133 Å². The molecule has 0 N–H and O–H groups in total. The Labute approximate surface area is 125 Å². The average Bonchev–Trinajstić information content (AvgIpc) is 2.69. The first kappa shape index (κ1) is 17.6. The summed E-state index contributed by atoms with van der Waals surface area (Å²) in [5, 5.41) is 0.831. The van der Waals surface area contributed by atoms with Gasteiger partial charge in [0.15, 0.2) is 15.6 Å². The number of esters is 1. The molecule has 0 aliphatic carbocycles. The Balaban J connectivity index is 2.44. The lowest BCUT2D eigenvalue weighted by atomic mass is 10.4. The lowest BCUT2D eigenvalue weighted by molar-refractivity contribution is -0.190. The Kier molecular flexibility index (Phi) is 5.63. The summed E-state index contributed by atoms with van der Waals surface area (Å²) in [5.74, 6) is -3.55. The largest absolute Gasteiger partial charge is 0.537 e. The van der Waals surface area contributed by atoms with Crippen molar-refractivity contribution < 1.29 is 41.9 Å². The highest BCUT2D eigenvalue weighted by Gasteiger charge is 2.34. The Morgan fingerprint density at radius 1 is 1.27 bits per heavy atom. The molecule has 0 spiro atoms. The maximum absolute atomic E-state index is 11.3. The summed E-state index contributed by atoms with van der Waals surface area (Å²) in [5.41, 5.74) is 0. The number of sulfone groups is 1. The molecule has 0 aromatic carbocycles. The van der Waals surface area contributed by atoms with Crippen LogP contribution in [0, 0.1) is 0 Å². The van der Waals surface area contributed by atoms with Gasteiger partial charge in [-0.3, -0.25) is 19.2 Å². The van der Waals surface area contributed by atoms with Crippen LogP contribution in [-0.2, 0) is 38.5 Å². The van der Waals surface area contributed by atoms with Gasteiger partial charge < -0.3 is 9.47 Å². The minimum atomic E-state index is -3.81. The first-order valence-corrected chi connectivity index (χ1v) is 7.65. The highest BCUT2D eigenvalue weighted by atomic mass is 32.2. The monoisotopic (exact) mass is 335 g/mol. The summed E-state index contributed by atoms with van der Waals surface area (Å²) in [6.45, 7) is 4.13. The average molecular weight is 335 g/mol. The van der Waals surface area contributed by atoms with E-state index in [0.29, 0.717) is 5.41 Å². The van der Waals surface area contributed by atoms with E-state index >= 15 is 0 Å². The fraction of sp³-hybridized carbons (Fsp3) is 0.455. The zero-order valence-corrected chi connectivity index (χ0v) is 12.3. The maximum Gasteiger partial charge on any atom is 0.537 e. The molecule has 1 heterocycles. The molecule has 122 valence electrons. The molecule has 0 aromatic heterocycles. The second kappa shape index (κ2) is 7.02. The number of nitrogens with zero attached hydrogens (tertiary/aromatic N) is 1. The zero-order chi connectivity index (χ0) is 16.9. The Morgan fingerprint density at radius 3 is 2.32 bits per heavy atom. The molecule has 0 saturated carbocycles. The van der Waals surface area contributed by atoms with Gasteiger partial charge in [0.2, 0.25) is 6.29 Å². The van der Waals surface area contributed by atoms with Crippen LogP contribution < -0.4 is 0 Å². The number of carbonyl (C=O) groups is 4. The van der Waals surface area contributed by atoms with Crippen molar-refractivity contribution in [2.75, 3.05) is 5.75 Å². The van der Waals surface area contributed by atoms with Crippen molar-refractivity contribution in [2.45, 2.75) is 26.1 Å². The summed E-state index contributed by atoms with van der Waals surface area (Å²) in [7, 11) is -3.81. The number of hydrogen-bond acceptors (Lipinski definition) is 9. The molecular weight excluding hydrogens is 322 g/mol. The molecule has 1 unspecified atom stereocenters. The molecule has 1 aliphatic heterocycles. The van der Waals surface area contributed by atoms with Crippen molar-refractivity contribution in [1.29, 1.82) is 0 Å². The second-order valence-corrected chi connectivity index (χ2v) is 6.02. The van der Waals surface area contributed by atoms with Gasteiger partial charge in [-0.25, -0.2) is 13.2 Å². The summed E-state index contributed by atoms with van der Waals surface area (Å²) in [6, 6.07) is 0. The third-order valence-electron chi connectivity index (χ3n) is 2.30. The van der Waals surface area contributed by atoms with Gasteiger partial charge in [0.1, 0.15) is 0 Å². The standard InChI is InChI=1S/C11H13NO9S/c1-3-22(17,18)6-10(15)19-7(2)20-11(16)21-12-8(13)4-5-9(12)14/h3,7H,1,4-6H2,2H3. The Hall–Kier alpha value is -2.43. The zero-order valence-electron chi connectivity index (χ0n) is 11.5. The minimum absolute atomic E-state index is 0.0872. The molecule has 0 aromatic rings. The molecule has 2 amide bonds. The van der Waals surface area contributed by atoms with Gasteiger partial charge in [0, 0.05) is 25.2 Å². The number of ether oxygens (including phenoxy) is 2. The summed E-state index contributed by atoms with van der Waals surface area (Å²) in [4.78, 5) is 49.3. The van der Waals surface area contributed by atoms with E-state index in [1.165, 1.54) is 0 Å². The predicted molar refractivity (Wildman–Crippen MR) is 68.2 cm³/mol. The van der Waals surface area contributed by atoms with Gasteiger partial charge in [-0.1, -0.05) is 11.6 Å². The highest BCUT2D eigenvalue weighted by molar-refractivity contribution is 7.94. The van der Waals surface area contributed by atoms with E-state index in [1.807, 2.05) is 0 Å². The Morgan fingerprint density at radius 2 is 1.82 bits per heavy atom. The van der Waals surface area contributed by atoms with Crippen molar-refractivity contribution in [3.05, 3.63) is 12.0 Å². The number of hydroxylamine groups is 2. The van der Waals surface area contributed by atoms with Gasteiger partial charge in [-0.15, -0.1) is 0 Å². The van der Waals surface area contributed by atoms with Crippen molar-refractivity contribution in [2.24, 2.45) is 0 Å². The van der Waals surface area contributed by atoms with Crippen LogP contribution in [0.1, 0.15) is 19.8 Å². The van der Waals surface area contributed by atoms with Crippen LogP contribution in [0.2, 0.25) is 0 Å². The van der Waals surface area contributed by atoms with Gasteiger partial charge in [-0.05, 0) is 0 Å². The van der Waals surface area contributed by atoms with E-state index in [1.54, 1.807) is 0 Å². The number of carbonyl (C=O) groups excluding carboxylic acids is 4. The SMILES string of the molecule is C=CS(=O)(=O)CC(=O)OC(C)OC(=O)ON1C(=O)CCC1=O. The van der Waals surface area contributed by atoms with E-state index < -0.39 is 45.8 Å². The molecular formula is C11H13NO9S. The van der Waals surface area contributed by atoms with Crippen molar-refractivity contribution in [3.63, 3.8) is 0 Å². The molecule has 22 heavy (non-hydrogen) atoms. The van der Waals surface area contributed by atoms with Crippen LogP contribution in [0.3, 0.4) is 0 Å². The van der Waals surface area contributed by atoms with Gasteiger partial charge in [0.05, 0.1) is 0 Å².